The van der Waals surface area contributed by atoms with Crippen LogP contribution < -0.4 is 9.46 Å². The number of hydrogen-bond donors (Lipinski definition) is 3. The van der Waals surface area contributed by atoms with Crippen molar-refractivity contribution in [3.05, 3.63) is 23.8 Å². The van der Waals surface area contributed by atoms with Crippen LogP contribution in [0.1, 0.15) is 17.3 Å². The lowest BCUT2D eigenvalue weighted by Gasteiger charge is -2.10. The van der Waals surface area contributed by atoms with Gasteiger partial charge in [-0.3, -0.25) is 0 Å². The molecule has 1 rings (SSSR count). The predicted octanol–water partition coefficient (Wildman–Crippen LogP) is 0.0525. The van der Waals surface area contributed by atoms with Crippen molar-refractivity contribution in [1.82, 2.24) is 4.72 Å². The normalized spacial score (nSPS) is 13.0. The van der Waals surface area contributed by atoms with Gasteiger partial charge < -0.3 is 14.9 Å². The van der Waals surface area contributed by atoms with Crippen LogP contribution in [-0.4, -0.2) is 44.4 Å². The molecule has 0 saturated carbocycles. The molecule has 19 heavy (non-hydrogen) atoms. The zero-order valence-electron chi connectivity index (χ0n) is 10.5. The number of sulfonamides is 1. The highest BCUT2D eigenvalue weighted by Crippen LogP contribution is 2.22. The van der Waals surface area contributed by atoms with Gasteiger partial charge in [0.25, 0.3) is 0 Å². The number of carbonyl (C=O) groups is 1. The molecule has 0 radical (unpaired) electrons. The standard InChI is InChI=1S/C11H15NO6S/c1-7(13)6-12-19(16,17)8-3-4-10(18-2)9(5-8)11(14)15/h3-5,7,12-13H,6H2,1-2H3,(H,14,15)/t7-/m1/s1. The summed E-state index contributed by atoms with van der Waals surface area (Å²) in [5.41, 5.74) is -0.248. The first-order valence-corrected chi connectivity index (χ1v) is 6.85. The molecule has 3 N–H and O–H groups in total. The molecule has 0 unspecified atom stereocenters. The Balaban J connectivity index is 3.14. The molecule has 0 heterocycles. The lowest BCUT2D eigenvalue weighted by atomic mass is 10.2. The van der Waals surface area contributed by atoms with Crippen LogP contribution in [0.15, 0.2) is 23.1 Å². The van der Waals surface area contributed by atoms with Crippen LogP contribution in [0.4, 0.5) is 0 Å². The summed E-state index contributed by atoms with van der Waals surface area (Å²) in [6.45, 7) is 1.27. The molecule has 0 saturated heterocycles. The molecule has 0 aliphatic rings. The molecule has 0 aromatic heterocycles. The van der Waals surface area contributed by atoms with Crippen LogP contribution in [0, 0.1) is 0 Å². The van der Waals surface area contributed by atoms with Gasteiger partial charge in [0.1, 0.15) is 11.3 Å². The van der Waals surface area contributed by atoms with Crippen LogP contribution in [0.5, 0.6) is 5.75 Å². The number of ether oxygens (including phenoxy) is 1. The highest BCUT2D eigenvalue weighted by atomic mass is 32.2. The summed E-state index contributed by atoms with van der Waals surface area (Å²) in [5.74, 6) is -1.22. The van der Waals surface area contributed by atoms with E-state index in [1.165, 1.54) is 26.2 Å². The van der Waals surface area contributed by atoms with E-state index < -0.39 is 22.1 Å². The zero-order valence-corrected chi connectivity index (χ0v) is 11.3. The molecule has 0 amide bonds. The predicted molar refractivity (Wildman–Crippen MR) is 66.8 cm³/mol. The molecule has 1 aromatic rings. The summed E-state index contributed by atoms with van der Waals surface area (Å²) in [6, 6.07) is 3.50. The molecule has 1 aromatic carbocycles. The molecule has 1 atom stereocenters. The van der Waals surface area contributed by atoms with Crippen molar-refractivity contribution in [3.8, 4) is 5.75 Å². The van der Waals surface area contributed by atoms with Gasteiger partial charge in [-0.15, -0.1) is 0 Å². The fourth-order valence-electron chi connectivity index (χ4n) is 1.34. The number of hydrogen-bond acceptors (Lipinski definition) is 5. The Hall–Kier alpha value is -1.64. The van der Waals surface area contributed by atoms with Crippen molar-refractivity contribution in [1.29, 1.82) is 0 Å². The van der Waals surface area contributed by atoms with Crippen LogP contribution >= 0.6 is 0 Å². The van der Waals surface area contributed by atoms with E-state index in [1.807, 2.05) is 0 Å². The molecule has 7 nitrogen and oxygen atoms in total. The third-order valence-electron chi connectivity index (χ3n) is 2.28. The van der Waals surface area contributed by atoms with E-state index >= 15 is 0 Å². The second-order valence-corrected chi connectivity index (χ2v) is 5.64. The van der Waals surface area contributed by atoms with Gasteiger partial charge in [-0.2, -0.15) is 0 Å². The number of aromatic carboxylic acids is 1. The fourth-order valence-corrected chi connectivity index (χ4v) is 2.48. The third kappa shape index (κ3) is 3.91. The molecule has 106 valence electrons. The van der Waals surface area contributed by atoms with Gasteiger partial charge in [0.15, 0.2) is 0 Å². The second-order valence-electron chi connectivity index (χ2n) is 3.87. The zero-order chi connectivity index (χ0) is 14.6. The summed E-state index contributed by atoms with van der Waals surface area (Å²) >= 11 is 0. The Morgan fingerprint density at radius 2 is 2.11 bits per heavy atom. The average molecular weight is 289 g/mol. The van der Waals surface area contributed by atoms with Crippen molar-refractivity contribution in [2.75, 3.05) is 13.7 Å². The Kier molecular flexibility index (Phi) is 4.87. The van der Waals surface area contributed by atoms with Crippen LogP contribution in [0.3, 0.4) is 0 Å². The van der Waals surface area contributed by atoms with Gasteiger partial charge in [-0.05, 0) is 25.1 Å². The van der Waals surface area contributed by atoms with E-state index in [1.54, 1.807) is 0 Å². The minimum atomic E-state index is -3.87. The Morgan fingerprint density at radius 3 is 2.58 bits per heavy atom. The SMILES string of the molecule is COc1ccc(S(=O)(=O)NC[C@@H](C)O)cc1C(=O)O. The first kappa shape index (κ1) is 15.4. The van der Waals surface area contributed by atoms with Crippen LogP contribution in [0.2, 0.25) is 0 Å². The van der Waals surface area contributed by atoms with Gasteiger partial charge in [-0.25, -0.2) is 17.9 Å². The number of nitrogens with one attached hydrogen (secondary N) is 1. The van der Waals surface area contributed by atoms with Crippen LogP contribution in [-0.2, 0) is 10.0 Å². The number of methoxy groups -OCH3 is 1. The number of rotatable bonds is 6. The van der Waals surface area contributed by atoms with Gasteiger partial charge >= 0.3 is 5.97 Å². The van der Waals surface area contributed by atoms with Gasteiger partial charge in [0.2, 0.25) is 10.0 Å². The van der Waals surface area contributed by atoms with E-state index in [4.69, 9.17) is 14.9 Å². The summed E-state index contributed by atoms with van der Waals surface area (Å²) in [7, 11) is -2.57. The lowest BCUT2D eigenvalue weighted by Crippen LogP contribution is -2.30. The molecule has 0 bridgehead atoms. The quantitative estimate of drug-likeness (QED) is 0.682. The van der Waals surface area contributed by atoms with Crippen molar-refractivity contribution in [3.63, 3.8) is 0 Å². The first-order chi connectivity index (χ1) is 8.77. The lowest BCUT2D eigenvalue weighted by molar-refractivity contribution is 0.0693. The number of carboxylic acid groups (broad SMARTS) is 1. The molecule has 0 aliphatic carbocycles. The van der Waals surface area contributed by atoms with Crippen molar-refractivity contribution < 1.29 is 28.2 Å². The van der Waals surface area contributed by atoms with E-state index in [9.17, 15) is 13.2 Å². The van der Waals surface area contributed by atoms with E-state index in [0.717, 1.165) is 6.07 Å². The maximum absolute atomic E-state index is 11.9. The Morgan fingerprint density at radius 1 is 1.47 bits per heavy atom. The second kappa shape index (κ2) is 6.00. The summed E-state index contributed by atoms with van der Waals surface area (Å²) in [4.78, 5) is 10.8. The van der Waals surface area contributed by atoms with Crippen molar-refractivity contribution in [2.24, 2.45) is 0 Å². The van der Waals surface area contributed by atoms with E-state index in [-0.39, 0.29) is 22.8 Å². The van der Waals surface area contributed by atoms with E-state index in [2.05, 4.69) is 4.72 Å². The number of carboxylic acids is 1. The number of aliphatic hydroxyl groups excluding tert-OH is 1. The van der Waals surface area contributed by atoms with Gasteiger partial charge in [-0.1, -0.05) is 0 Å². The number of benzene rings is 1. The molecular weight excluding hydrogens is 274 g/mol. The minimum Gasteiger partial charge on any atom is -0.496 e. The maximum atomic E-state index is 11.9. The third-order valence-corrected chi connectivity index (χ3v) is 3.70. The molecule has 0 fully saturated rings. The maximum Gasteiger partial charge on any atom is 0.339 e. The first-order valence-electron chi connectivity index (χ1n) is 5.37. The fraction of sp³-hybridized carbons (Fsp3) is 0.364. The highest BCUT2D eigenvalue weighted by molar-refractivity contribution is 7.89. The van der Waals surface area contributed by atoms with Crippen molar-refractivity contribution in [2.45, 2.75) is 17.9 Å². The minimum absolute atomic E-state index is 0.0713. The Bertz CT molecular complexity index is 567. The van der Waals surface area contributed by atoms with Crippen molar-refractivity contribution >= 4 is 16.0 Å². The molecular formula is C11H15NO6S. The largest absolute Gasteiger partial charge is 0.496 e. The van der Waals surface area contributed by atoms with E-state index in [0.29, 0.717) is 0 Å². The average Bonchev–Trinajstić information content (AvgIpc) is 2.35. The summed E-state index contributed by atoms with van der Waals surface area (Å²) in [5, 5.41) is 18.0. The summed E-state index contributed by atoms with van der Waals surface area (Å²) < 4.78 is 30.7. The Labute approximate surface area is 110 Å². The highest BCUT2D eigenvalue weighted by Gasteiger charge is 2.19. The summed E-state index contributed by atoms with van der Waals surface area (Å²) in [6.07, 6.45) is -0.841. The topological polar surface area (TPSA) is 113 Å². The molecule has 0 aliphatic heterocycles. The van der Waals surface area contributed by atoms with Gasteiger partial charge in [0, 0.05) is 6.54 Å². The molecule has 8 heteroatoms. The number of aliphatic hydroxyl groups is 1. The molecule has 0 spiro atoms. The van der Waals surface area contributed by atoms with Gasteiger partial charge in [0.05, 0.1) is 18.1 Å². The monoisotopic (exact) mass is 289 g/mol. The smallest absolute Gasteiger partial charge is 0.339 e. The van der Waals surface area contributed by atoms with Crippen LogP contribution in [0.25, 0.3) is 0 Å².